The molecule has 0 aromatic carbocycles. The molecular formula is C16H22N4O. The number of aromatic nitrogens is 1. The molecule has 0 saturated carbocycles. The number of aryl methyl sites for hydroxylation is 1. The van der Waals surface area contributed by atoms with Crippen molar-refractivity contribution in [3.63, 3.8) is 0 Å². The molecule has 1 saturated heterocycles. The third-order valence-corrected chi connectivity index (χ3v) is 3.91. The van der Waals surface area contributed by atoms with E-state index in [0.29, 0.717) is 18.7 Å². The van der Waals surface area contributed by atoms with Crippen molar-refractivity contribution >= 4 is 5.91 Å². The Bertz CT molecular complexity index is 512. The molecule has 2 heterocycles. The van der Waals surface area contributed by atoms with Crippen LogP contribution < -0.4 is 0 Å². The Hall–Kier alpha value is -1.93. The van der Waals surface area contributed by atoms with Crippen LogP contribution in [0.3, 0.4) is 0 Å². The molecule has 0 aliphatic carbocycles. The summed E-state index contributed by atoms with van der Waals surface area (Å²) < 4.78 is 0. The number of carbonyl (C=O) groups is 1. The minimum absolute atomic E-state index is 0.0201. The van der Waals surface area contributed by atoms with Crippen molar-refractivity contribution in [2.75, 3.05) is 26.2 Å². The van der Waals surface area contributed by atoms with E-state index in [1.807, 2.05) is 24.0 Å². The van der Waals surface area contributed by atoms with E-state index in [9.17, 15) is 10.1 Å². The molecule has 2 rings (SSSR count). The van der Waals surface area contributed by atoms with Gasteiger partial charge in [-0.2, -0.15) is 5.26 Å². The van der Waals surface area contributed by atoms with E-state index in [1.54, 1.807) is 6.20 Å². The summed E-state index contributed by atoms with van der Waals surface area (Å²) in [6.45, 7) is 6.88. The van der Waals surface area contributed by atoms with Crippen LogP contribution >= 0.6 is 0 Å². The Kier molecular flexibility index (Phi) is 5.29. The highest BCUT2D eigenvalue weighted by atomic mass is 16.2. The van der Waals surface area contributed by atoms with E-state index in [0.717, 1.165) is 31.6 Å². The highest BCUT2D eigenvalue weighted by Crippen LogP contribution is 2.13. The van der Waals surface area contributed by atoms with Crippen LogP contribution in [0.25, 0.3) is 0 Å². The lowest BCUT2D eigenvalue weighted by Gasteiger charge is -2.36. The van der Waals surface area contributed by atoms with Crippen molar-refractivity contribution in [2.45, 2.75) is 32.7 Å². The Morgan fingerprint density at radius 1 is 1.38 bits per heavy atom. The number of piperazine rings is 1. The molecule has 1 aliphatic rings. The fraction of sp³-hybridized carbons (Fsp3) is 0.562. The lowest BCUT2D eigenvalue weighted by Crippen LogP contribution is -2.51. The van der Waals surface area contributed by atoms with E-state index in [-0.39, 0.29) is 11.9 Å². The smallest absolute Gasteiger partial charge is 0.255 e. The molecule has 1 aromatic heterocycles. The summed E-state index contributed by atoms with van der Waals surface area (Å²) in [6, 6.07) is 6.03. The molecule has 5 nitrogen and oxygen atoms in total. The number of carbonyl (C=O) groups excluding carboxylic acids is 1. The highest BCUT2D eigenvalue weighted by molar-refractivity contribution is 5.94. The van der Waals surface area contributed by atoms with Crippen molar-refractivity contribution in [1.82, 2.24) is 14.8 Å². The molecule has 0 spiro atoms. The van der Waals surface area contributed by atoms with Crippen LogP contribution in [-0.2, 0) is 0 Å². The molecule has 1 aromatic rings. The zero-order valence-electron chi connectivity index (χ0n) is 12.7. The Labute approximate surface area is 126 Å². The molecule has 112 valence electrons. The van der Waals surface area contributed by atoms with Crippen LogP contribution in [0.1, 0.15) is 35.8 Å². The monoisotopic (exact) mass is 286 g/mol. The van der Waals surface area contributed by atoms with Gasteiger partial charge in [-0.1, -0.05) is 13.3 Å². The van der Waals surface area contributed by atoms with Gasteiger partial charge in [0, 0.05) is 38.1 Å². The normalized spacial score (nSPS) is 17.3. The second-order valence-corrected chi connectivity index (χ2v) is 5.45. The average Bonchev–Trinajstić information content (AvgIpc) is 2.53. The largest absolute Gasteiger partial charge is 0.336 e. The van der Waals surface area contributed by atoms with Crippen molar-refractivity contribution in [3.8, 4) is 6.07 Å². The van der Waals surface area contributed by atoms with Crippen LogP contribution in [0.2, 0.25) is 0 Å². The van der Waals surface area contributed by atoms with Crippen LogP contribution in [0, 0.1) is 18.3 Å². The van der Waals surface area contributed by atoms with Gasteiger partial charge in [0.25, 0.3) is 5.91 Å². The minimum Gasteiger partial charge on any atom is -0.336 e. The number of amides is 1. The number of hydrogen-bond donors (Lipinski definition) is 0. The van der Waals surface area contributed by atoms with Gasteiger partial charge in [-0.25, -0.2) is 0 Å². The predicted molar refractivity (Wildman–Crippen MR) is 80.8 cm³/mol. The van der Waals surface area contributed by atoms with Gasteiger partial charge in [-0.05, 0) is 25.5 Å². The number of nitriles is 1. The molecule has 5 heteroatoms. The van der Waals surface area contributed by atoms with Gasteiger partial charge in [-0.15, -0.1) is 0 Å². The Morgan fingerprint density at radius 2 is 2.10 bits per heavy atom. The van der Waals surface area contributed by atoms with Gasteiger partial charge < -0.3 is 4.90 Å². The van der Waals surface area contributed by atoms with Gasteiger partial charge in [-0.3, -0.25) is 14.7 Å². The predicted octanol–water partition coefficient (Wildman–Crippen LogP) is 1.84. The fourth-order valence-electron chi connectivity index (χ4n) is 2.62. The third kappa shape index (κ3) is 3.79. The fourth-order valence-corrected chi connectivity index (χ4v) is 2.62. The van der Waals surface area contributed by atoms with Gasteiger partial charge in [0.15, 0.2) is 0 Å². The Morgan fingerprint density at radius 3 is 2.62 bits per heavy atom. The van der Waals surface area contributed by atoms with E-state index in [4.69, 9.17) is 0 Å². The highest BCUT2D eigenvalue weighted by Gasteiger charge is 2.26. The summed E-state index contributed by atoms with van der Waals surface area (Å²) in [5.74, 6) is 0.0335. The first-order chi connectivity index (χ1) is 10.2. The maximum Gasteiger partial charge on any atom is 0.255 e. The van der Waals surface area contributed by atoms with Crippen LogP contribution in [0.5, 0.6) is 0 Å². The van der Waals surface area contributed by atoms with E-state index in [1.165, 1.54) is 0 Å². The molecule has 1 unspecified atom stereocenters. The first-order valence-electron chi connectivity index (χ1n) is 7.51. The SMILES string of the molecule is CCCC(C#N)N1CCN(C(=O)c2ccc(C)nc2)CC1. The number of rotatable bonds is 4. The molecule has 1 fully saturated rings. The average molecular weight is 286 g/mol. The third-order valence-electron chi connectivity index (χ3n) is 3.91. The van der Waals surface area contributed by atoms with Gasteiger partial charge in [0.1, 0.15) is 0 Å². The summed E-state index contributed by atoms with van der Waals surface area (Å²) in [6.07, 6.45) is 3.54. The second-order valence-electron chi connectivity index (χ2n) is 5.45. The van der Waals surface area contributed by atoms with Crippen molar-refractivity contribution in [1.29, 1.82) is 5.26 Å². The Balaban J connectivity index is 1.93. The maximum atomic E-state index is 12.4. The number of pyridine rings is 1. The summed E-state index contributed by atoms with van der Waals surface area (Å²) in [4.78, 5) is 20.6. The molecule has 21 heavy (non-hydrogen) atoms. The maximum absolute atomic E-state index is 12.4. The van der Waals surface area contributed by atoms with Crippen LogP contribution in [0.15, 0.2) is 18.3 Å². The van der Waals surface area contributed by atoms with E-state index in [2.05, 4.69) is 22.9 Å². The topological polar surface area (TPSA) is 60.2 Å². The van der Waals surface area contributed by atoms with Crippen molar-refractivity contribution in [3.05, 3.63) is 29.6 Å². The molecule has 1 amide bonds. The quantitative estimate of drug-likeness (QED) is 0.847. The molecule has 1 aliphatic heterocycles. The molecule has 0 radical (unpaired) electrons. The molecule has 0 N–H and O–H groups in total. The van der Waals surface area contributed by atoms with Gasteiger partial charge in [0.05, 0.1) is 17.7 Å². The summed E-state index contributed by atoms with van der Waals surface area (Å²) >= 11 is 0. The summed E-state index contributed by atoms with van der Waals surface area (Å²) in [7, 11) is 0. The first kappa shape index (κ1) is 15.5. The standard InChI is InChI=1S/C16H22N4O/c1-3-4-15(11-17)19-7-9-20(10-8-19)16(21)14-6-5-13(2)18-12-14/h5-6,12,15H,3-4,7-10H2,1-2H3. The minimum atomic E-state index is -0.0201. The van der Waals surface area contributed by atoms with Crippen molar-refractivity contribution in [2.24, 2.45) is 0 Å². The van der Waals surface area contributed by atoms with Crippen LogP contribution in [0.4, 0.5) is 0 Å². The van der Waals surface area contributed by atoms with E-state index < -0.39 is 0 Å². The lowest BCUT2D eigenvalue weighted by molar-refractivity contribution is 0.0601. The number of hydrogen-bond acceptors (Lipinski definition) is 4. The summed E-state index contributed by atoms with van der Waals surface area (Å²) in [5, 5.41) is 9.21. The zero-order valence-corrected chi connectivity index (χ0v) is 12.7. The summed E-state index contributed by atoms with van der Waals surface area (Å²) in [5.41, 5.74) is 1.55. The molecule has 1 atom stereocenters. The van der Waals surface area contributed by atoms with Gasteiger partial charge >= 0.3 is 0 Å². The second kappa shape index (κ2) is 7.19. The zero-order chi connectivity index (χ0) is 15.2. The molecule has 0 bridgehead atoms. The van der Waals surface area contributed by atoms with Gasteiger partial charge in [0.2, 0.25) is 0 Å². The number of nitrogens with zero attached hydrogens (tertiary/aromatic N) is 4. The van der Waals surface area contributed by atoms with E-state index >= 15 is 0 Å². The first-order valence-corrected chi connectivity index (χ1v) is 7.51. The molecular weight excluding hydrogens is 264 g/mol. The lowest BCUT2D eigenvalue weighted by atomic mass is 10.1. The van der Waals surface area contributed by atoms with Crippen molar-refractivity contribution < 1.29 is 4.79 Å². The van der Waals surface area contributed by atoms with Crippen LogP contribution in [-0.4, -0.2) is 52.9 Å².